The number of hydrogen-bond donors (Lipinski definition) is 1. The number of sulfonamides is 1. The molecule has 1 aromatic carbocycles. The van der Waals surface area contributed by atoms with E-state index in [2.05, 4.69) is 9.82 Å². The van der Waals surface area contributed by atoms with Crippen molar-refractivity contribution in [2.24, 2.45) is 5.10 Å². The van der Waals surface area contributed by atoms with Crippen LogP contribution in [-0.4, -0.2) is 31.3 Å². The molecule has 0 saturated heterocycles. The van der Waals surface area contributed by atoms with Crippen LogP contribution in [0.1, 0.15) is 43.6 Å². The van der Waals surface area contributed by atoms with Gasteiger partial charge in [-0.25, -0.2) is 13.4 Å². The summed E-state index contributed by atoms with van der Waals surface area (Å²) in [6, 6.07) is 10.3. The number of furan rings is 1. The van der Waals surface area contributed by atoms with Gasteiger partial charge in [0.2, 0.25) is 15.9 Å². The molecule has 26 heavy (non-hydrogen) atoms. The van der Waals surface area contributed by atoms with E-state index in [1.54, 1.807) is 36.6 Å². The first-order valence-electron chi connectivity index (χ1n) is 8.38. The summed E-state index contributed by atoms with van der Waals surface area (Å²) >= 11 is 0. The summed E-state index contributed by atoms with van der Waals surface area (Å²) in [5.41, 5.74) is 2.09. The first-order valence-corrected chi connectivity index (χ1v) is 10.3. The molecule has 2 aromatic rings. The van der Waals surface area contributed by atoms with Gasteiger partial charge >= 0.3 is 0 Å². The highest BCUT2D eigenvalue weighted by atomic mass is 32.2. The Labute approximate surface area is 152 Å². The number of anilines is 1. The Bertz CT molecular complexity index is 902. The van der Waals surface area contributed by atoms with Crippen molar-refractivity contribution in [3.63, 3.8) is 0 Å². The number of nitrogens with zero attached hydrogens (tertiary/aromatic N) is 2. The van der Waals surface area contributed by atoms with Gasteiger partial charge in [-0.15, -0.1) is 0 Å². The van der Waals surface area contributed by atoms with Crippen molar-refractivity contribution < 1.29 is 17.6 Å². The van der Waals surface area contributed by atoms with Crippen molar-refractivity contribution in [2.45, 2.75) is 32.2 Å². The molecule has 1 N–H and O–H groups in total. The predicted molar refractivity (Wildman–Crippen MR) is 99.3 cm³/mol. The summed E-state index contributed by atoms with van der Waals surface area (Å²) in [6.07, 6.45) is 4.40. The molecule has 1 aromatic heterocycles. The molecule has 1 aliphatic heterocycles. The van der Waals surface area contributed by atoms with Crippen LogP contribution in [0.15, 0.2) is 52.2 Å². The van der Waals surface area contributed by atoms with Gasteiger partial charge in [0.05, 0.1) is 18.2 Å². The summed E-state index contributed by atoms with van der Waals surface area (Å²) in [6.45, 7) is 1.95. The minimum Gasteiger partial charge on any atom is -0.467 e. The third kappa shape index (κ3) is 4.13. The number of carbonyl (C=O) groups is 1. The van der Waals surface area contributed by atoms with E-state index >= 15 is 0 Å². The molecule has 0 unspecified atom stereocenters. The zero-order valence-corrected chi connectivity index (χ0v) is 15.5. The molecule has 3 rings (SSSR count). The SMILES string of the molecule is CCCC(=O)N1N=C(c2ccc(NS(C)(=O)=O)cc2)C[C@H]1c1ccco1. The molecule has 0 bridgehead atoms. The fourth-order valence-corrected chi connectivity index (χ4v) is 3.45. The van der Waals surface area contributed by atoms with E-state index in [9.17, 15) is 13.2 Å². The van der Waals surface area contributed by atoms with Crippen LogP contribution in [0, 0.1) is 0 Å². The van der Waals surface area contributed by atoms with Crippen molar-refractivity contribution in [1.82, 2.24) is 5.01 Å². The van der Waals surface area contributed by atoms with Gasteiger partial charge in [0.1, 0.15) is 11.8 Å². The average Bonchev–Trinajstić information content (AvgIpc) is 3.23. The Kier molecular flexibility index (Phi) is 5.13. The van der Waals surface area contributed by atoms with E-state index in [1.165, 1.54) is 5.01 Å². The largest absolute Gasteiger partial charge is 0.467 e. The Morgan fingerprint density at radius 1 is 1.31 bits per heavy atom. The van der Waals surface area contributed by atoms with Crippen LogP contribution in [0.4, 0.5) is 5.69 Å². The normalized spacial score (nSPS) is 17.2. The first-order chi connectivity index (χ1) is 12.4. The second kappa shape index (κ2) is 7.33. The fourth-order valence-electron chi connectivity index (χ4n) is 2.89. The van der Waals surface area contributed by atoms with Gasteiger partial charge in [0, 0.05) is 18.5 Å². The van der Waals surface area contributed by atoms with Gasteiger partial charge < -0.3 is 4.42 Å². The van der Waals surface area contributed by atoms with Crippen LogP contribution in [0.25, 0.3) is 0 Å². The van der Waals surface area contributed by atoms with E-state index in [4.69, 9.17) is 4.42 Å². The average molecular weight is 375 g/mol. The van der Waals surface area contributed by atoms with Gasteiger partial charge in [0.15, 0.2) is 0 Å². The van der Waals surface area contributed by atoms with Crippen LogP contribution in [0.2, 0.25) is 0 Å². The number of benzene rings is 1. The maximum Gasteiger partial charge on any atom is 0.243 e. The Morgan fingerprint density at radius 2 is 2.04 bits per heavy atom. The highest BCUT2D eigenvalue weighted by Gasteiger charge is 2.34. The zero-order chi connectivity index (χ0) is 18.7. The highest BCUT2D eigenvalue weighted by molar-refractivity contribution is 7.92. The predicted octanol–water partition coefficient (Wildman–Crippen LogP) is 3.13. The second-order valence-corrected chi connectivity index (χ2v) is 7.97. The molecule has 1 aliphatic rings. The topological polar surface area (TPSA) is 92.0 Å². The van der Waals surface area contributed by atoms with Crippen LogP contribution < -0.4 is 4.72 Å². The number of carbonyl (C=O) groups excluding carboxylic acids is 1. The number of rotatable bonds is 6. The maximum absolute atomic E-state index is 12.4. The number of nitrogens with one attached hydrogen (secondary N) is 1. The van der Waals surface area contributed by atoms with Crippen molar-refractivity contribution >= 4 is 27.3 Å². The summed E-state index contributed by atoms with van der Waals surface area (Å²) in [5.74, 6) is 0.655. The Morgan fingerprint density at radius 3 is 2.62 bits per heavy atom. The molecule has 1 amide bonds. The molecule has 7 nitrogen and oxygen atoms in total. The number of amides is 1. The molecule has 2 heterocycles. The minimum atomic E-state index is -3.32. The summed E-state index contributed by atoms with van der Waals surface area (Å²) < 4.78 is 30.5. The molecular formula is C18H21N3O4S. The molecule has 0 radical (unpaired) electrons. The van der Waals surface area contributed by atoms with E-state index in [-0.39, 0.29) is 11.9 Å². The molecule has 0 spiro atoms. The van der Waals surface area contributed by atoms with Gasteiger partial charge in [0.25, 0.3) is 0 Å². The van der Waals surface area contributed by atoms with Crippen molar-refractivity contribution in [3.05, 3.63) is 54.0 Å². The Balaban J connectivity index is 1.85. The third-order valence-electron chi connectivity index (χ3n) is 4.02. The Hall–Kier alpha value is -2.61. The minimum absolute atomic E-state index is 0.0423. The fraction of sp³-hybridized carbons (Fsp3) is 0.333. The van der Waals surface area contributed by atoms with Crippen molar-refractivity contribution in [1.29, 1.82) is 0 Å². The van der Waals surface area contributed by atoms with Crippen LogP contribution in [0.3, 0.4) is 0 Å². The molecular weight excluding hydrogens is 354 g/mol. The van der Waals surface area contributed by atoms with E-state index in [1.807, 2.05) is 13.0 Å². The molecule has 1 atom stereocenters. The smallest absolute Gasteiger partial charge is 0.243 e. The summed E-state index contributed by atoms with van der Waals surface area (Å²) in [7, 11) is -3.32. The maximum atomic E-state index is 12.4. The quantitative estimate of drug-likeness (QED) is 0.839. The van der Waals surface area contributed by atoms with Gasteiger partial charge in [-0.2, -0.15) is 5.10 Å². The lowest BCUT2D eigenvalue weighted by Gasteiger charge is -2.19. The van der Waals surface area contributed by atoms with Crippen molar-refractivity contribution in [3.8, 4) is 0 Å². The lowest BCUT2D eigenvalue weighted by Crippen LogP contribution is -2.26. The lowest BCUT2D eigenvalue weighted by atomic mass is 10.0. The molecule has 8 heteroatoms. The standard InChI is InChI=1S/C18H21N3O4S/c1-3-5-18(22)21-16(17-6-4-11-25-17)12-15(19-21)13-7-9-14(10-8-13)20-26(2,23)24/h4,6-11,16,20H,3,5,12H2,1-2H3/t16-/m0/s1. The highest BCUT2D eigenvalue weighted by Crippen LogP contribution is 2.33. The van der Waals surface area contributed by atoms with E-state index in [0.717, 1.165) is 24.0 Å². The van der Waals surface area contributed by atoms with Crippen LogP contribution in [0.5, 0.6) is 0 Å². The summed E-state index contributed by atoms with van der Waals surface area (Å²) in [4.78, 5) is 12.4. The van der Waals surface area contributed by atoms with Crippen LogP contribution in [-0.2, 0) is 14.8 Å². The second-order valence-electron chi connectivity index (χ2n) is 6.22. The zero-order valence-electron chi connectivity index (χ0n) is 14.7. The van der Waals surface area contributed by atoms with E-state index in [0.29, 0.717) is 24.3 Å². The first kappa shape index (κ1) is 18.2. The van der Waals surface area contributed by atoms with Gasteiger partial charge in [-0.3, -0.25) is 9.52 Å². The molecule has 138 valence electrons. The van der Waals surface area contributed by atoms with Gasteiger partial charge in [-0.05, 0) is 36.2 Å². The third-order valence-corrected chi connectivity index (χ3v) is 4.63. The lowest BCUT2D eigenvalue weighted by molar-refractivity contribution is -0.133. The van der Waals surface area contributed by atoms with Gasteiger partial charge in [-0.1, -0.05) is 19.1 Å². The molecule has 0 saturated carbocycles. The summed E-state index contributed by atoms with van der Waals surface area (Å²) in [5, 5.41) is 6.02. The van der Waals surface area contributed by atoms with E-state index < -0.39 is 10.0 Å². The number of hydrazone groups is 1. The molecule has 0 fully saturated rings. The van der Waals surface area contributed by atoms with Crippen molar-refractivity contribution in [2.75, 3.05) is 11.0 Å². The monoisotopic (exact) mass is 375 g/mol. The molecule has 0 aliphatic carbocycles. The number of hydrogen-bond acceptors (Lipinski definition) is 5. The van der Waals surface area contributed by atoms with Crippen LogP contribution >= 0.6 is 0 Å².